The summed E-state index contributed by atoms with van der Waals surface area (Å²) in [4.78, 5) is 30.7. The molecule has 1 aliphatic carbocycles. The zero-order valence-corrected chi connectivity index (χ0v) is 20.8. The van der Waals surface area contributed by atoms with Gasteiger partial charge in [-0.05, 0) is 82.8 Å². The van der Waals surface area contributed by atoms with E-state index in [1.165, 1.54) is 17.8 Å². The number of carbonyl (C=O) groups is 1. The van der Waals surface area contributed by atoms with Crippen LogP contribution < -0.4 is 4.74 Å². The quantitative estimate of drug-likeness (QED) is 0.475. The molecule has 1 saturated heterocycles. The van der Waals surface area contributed by atoms with Crippen molar-refractivity contribution < 1.29 is 13.9 Å². The normalized spacial score (nSPS) is 21.2. The number of nitrogens with zero attached hydrogens (tertiary/aromatic N) is 4. The van der Waals surface area contributed by atoms with Crippen molar-refractivity contribution in [1.29, 1.82) is 0 Å². The van der Waals surface area contributed by atoms with E-state index in [4.69, 9.17) is 4.74 Å². The summed E-state index contributed by atoms with van der Waals surface area (Å²) in [6.07, 6.45) is 4.78. The maximum absolute atomic E-state index is 13.3. The van der Waals surface area contributed by atoms with Crippen molar-refractivity contribution in [2.75, 3.05) is 32.8 Å². The van der Waals surface area contributed by atoms with E-state index in [-0.39, 0.29) is 16.9 Å². The number of carbonyl (C=O) groups excluding carboxylic acids is 1. The Morgan fingerprint density at radius 3 is 2.49 bits per heavy atom. The van der Waals surface area contributed by atoms with E-state index in [2.05, 4.69) is 40.7 Å². The van der Waals surface area contributed by atoms with Crippen LogP contribution in [-0.2, 0) is 0 Å². The third-order valence-corrected chi connectivity index (χ3v) is 7.20. The molecule has 2 unspecified atom stereocenters. The van der Waals surface area contributed by atoms with E-state index >= 15 is 0 Å². The Hall–Kier alpha value is -2.71. The summed E-state index contributed by atoms with van der Waals surface area (Å²) in [5.74, 6) is 0.600. The Bertz CT molecular complexity index is 999. The number of halogens is 1. The maximum Gasteiger partial charge on any atom is 0.318 e. The van der Waals surface area contributed by atoms with Gasteiger partial charge in [-0.25, -0.2) is 9.37 Å². The van der Waals surface area contributed by atoms with E-state index < -0.39 is 5.91 Å². The van der Waals surface area contributed by atoms with Gasteiger partial charge < -0.3 is 4.74 Å². The lowest BCUT2D eigenvalue weighted by Gasteiger charge is -2.41. The number of hydrogen-bond donors (Lipinski definition) is 0. The van der Waals surface area contributed by atoms with Crippen LogP contribution >= 0.6 is 0 Å². The highest BCUT2D eigenvalue weighted by Crippen LogP contribution is 2.47. The van der Waals surface area contributed by atoms with Crippen molar-refractivity contribution in [2.45, 2.75) is 57.5 Å². The molecule has 1 aromatic carbocycles. The topological polar surface area (TPSA) is 75.1 Å². The summed E-state index contributed by atoms with van der Waals surface area (Å²) in [6.45, 7) is 11.4. The first-order chi connectivity index (χ1) is 16.7. The van der Waals surface area contributed by atoms with Gasteiger partial charge in [0.15, 0.2) is 0 Å². The van der Waals surface area contributed by atoms with Gasteiger partial charge in [-0.15, -0.1) is 4.91 Å². The second kappa shape index (κ2) is 10.9. The third kappa shape index (κ3) is 6.70. The number of ether oxygens (including phenoxy) is 1. The fourth-order valence-corrected chi connectivity index (χ4v) is 5.10. The number of pyridine rings is 1. The fourth-order valence-electron chi connectivity index (χ4n) is 5.10. The Balaban J connectivity index is 1.21. The van der Waals surface area contributed by atoms with Crippen LogP contribution in [0.2, 0.25) is 0 Å². The summed E-state index contributed by atoms with van der Waals surface area (Å²) in [5, 5.41) is 2.39. The van der Waals surface area contributed by atoms with Crippen LogP contribution in [0.3, 0.4) is 0 Å². The second-order valence-corrected chi connectivity index (χ2v) is 10.7. The highest BCUT2D eigenvalue weighted by molar-refractivity contribution is 5.94. The summed E-state index contributed by atoms with van der Waals surface area (Å²) in [5.41, 5.74) is 1.50. The minimum Gasteiger partial charge on any atom is -0.476 e. The summed E-state index contributed by atoms with van der Waals surface area (Å²) >= 11 is 0. The molecule has 1 amide bonds. The molecule has 8 heteroatoms. The third-order valence-electron chi connectivity index (χ3n) is 7.20. The van der Waals surface area contributed by atoms with Gasteiger partial charge in [0.1, 0.15) is 12.4 Å². The Labute approximate surface area is 206 Å². The number of benzene rings is 1. The number of amides is 1. The monoisotopic (exact) mass is 482 g/mol. The number of nitroso groups, excluding NO2 is 1. The fraction of sp³-hybridized carbons (Fsp3) is 0.556. The average Bonchev–Trinajstić information content (AvgIpc) is 3.63. The van der Waals surface area contributed by atoms with Gasteiger partial charge in [0.25, 0.3) is 0 Å². The average molecular weight is 483 g/mol. The predicted molar refractivity (Wildman–Crippen MR) is 133 cm³/mol. The van der Waals surface area contributed by atoms with Crippen molar-refractivity contribution in [3.63, 3.8) is 0 Å². The number of rotatable bonds is 9. The van der Waals surface area contributed by atoms with Crippen molar-refractivity contribution in [3.8, 4) is 5.88 Å². The molecule has 188 valence electrons. The van der Waals surface area contributed by atoms with Crippen LogP contribution in [0.1, 0.15) is 61.9 Å². The van der Waals surface area contributed by atoms with Crippen LogP contribution in [-0.4, -0.2) is 65.1 Å². The zero-order valence-electron chi connectivity index (χ0n) is 20.8. The van der Waals surface area contributed by atoms with Gasteiger partial charge in [0.2, 0.25) is 5.88 Å². The van der Waals surface area contributed by atoms with Gasteiger partial charge in [0, 0.05) is 48.0 Å². The number of hydrogen-bond acceptors (Lipinski definition) is 6. The molecular formula is C27H35FN4O3. The summed E-state index contributed by atoms with van der Waals surface area (Å²) < 4.78 is 19.0. The smallest absolute Gasteiger partial charge is 0.318 e. The van der Waals surface area contributed by atoms with Crippen molar-refractivity contribution in [1.82, 2.24) is 14.8 Å². The molecule has 35 heavy (non-hydrogen) atoms. The van der Waals surface area contributed by atoms with Crippen LogP contribution in [0.25, 0.3) is 0 Å². The van der Waals surface area contributed by atoms with Gasteiger partial charge in [-0.2, -0.15) is 0 Å². The maximum atomic E-state index is 13.3. The highest BCUT2D eigenvalue weighted by Gasteiger charge is 2.46. The molecule has 0 bridgehead atoms. The van der Waals surface area contributed by atoms with Crippen LogP contribution in [0, 0.1) is 16.6 Å². The number of piperidine rings is 1. The lowest BCUT2D eigenvalue weighted by Crippen LogP contribution is -2.48. The van der Waals surface area contributed by atoms with E-state index in [9.17, 15) is 14.1 Å². The number of aromatic nitrogens is 1. The molecule has 0 radical (unpaired) electrons. The second-order valence-electron chi connectivity index (χ2n) is 10.7. The molecule has 1 saturated carbocycles. The summed E-state index contributed by atoms with van der Waals surface area (Å²) in [6, 6.07) is 10.6. The van der Waals surface area contributed by atoms with Gasteiger partial charge in [0.05, 0.1) is 5.56 Å². The van der Waals surface area contributed by atoms with Crippen molar-refractivity contribution in [2.24, 2.45) is 11.1 Å². The van der Waals surface area contributed by atoms with Crippen LogP contribution in [0.5, 0.6) is 5.88 Å². The minimum atomic E-state index is -0.829. The number of likely N-dealkylation sites (tertiary alicyclic amines) is 1. The molecule has 7 nitrogen and oxygen atoms in total. The van der Waals surface area contributed by atoms with Gasteiger partial charge in [-0.1, -0.05) is 12.1 Å². The van der Waals surface area contributed by atoms with Crippen LogP contribution in [0.4, 0.5) is 4.39 Å². The lowest BCUT2D eigenvalue weighted by atomic mass is 9.93. The lowest BCUT2D eigenvalue weighted by molar-refractivity contribution is 0.0727. The molecule has 1 aromatic heterocycles. The van der Waals surface area contributed by atoms with E-state index in [1.54, 1.807) is 18.2 Å². The summed E-state index contributed by atoms with van der Waals surface area (Å²) in [7, 11) is 0. The highest BCUT2D eigenvalue weighted by atomic mass is 19.1. The Morgan fingerprint density at radius 1 is 1.17 bits per heavy atom. The molecular weight excluding hydrogens is 447 g/mol. The van der Waals surface area contributed by atoms with E-state index in [0.29, 0.717) is 30.4 Å². The van der Waals surface area contributed by atoms with E-state index in [0.717, 1.165) is 45.4 Å². The first kappa shape index (κ1) is 25.4. The van der Waals surface area contributed by atoms with Crippen molar-refractivity contribution in [3.05, 3.63) is 64.4 Å². The van der Waals surface area contributed by atoms with Gasteiger partial charge >= 0.3 is 5.91 Å². The molecule has 2 heterocycles. The SMILES string of the molecule is CC(C)(C)N(CC1CCN(CCOc2ccc(C(=O)N=O)cn2)CC1)C1CC1c1ccc(F)cc1. The first-order valence-electron chi connectivity index (χ1n) is 12.5. The molecule has 2 aliphatic rings. The predicted octanol–water partition coefficient (Wildman–Crippen LogP) is 4.87. The molecule has 2 atom stereocenters. The molecule has 2 aromatic rings. The minimum absolute atomic E-state index is 0.0966. The van der Waals surface area contributed by atoms with Crippen molar-refractivity contribution >= 4 is 5.91 Å². The molecule has 2 fully saturated rings. The first-order valence-corrected chi connectivity index (χ1v) is 12.5. The standard InChI is InChI=1S/C27H35FN4O3/c1-27(2,3)32(24-16-23(24)20-4-7-22(28)8-5-20)18-19-10-12-31(13-11-19)14-15-35-25-9-6-21(17-29-25)26(33)30-34/h4-9,17,19,23-24H,10-16,18H2,1-3H3. The Morgan fingerprint density at radius 2 is 1.89 bits per heavy atom. The van der Waals surface area contributed by atoms with Gasteiger partial charge in [-0.3, -0.25) is 14.6 Å². The van der Waals surface area contributed by atoms with E-state index in [1.807, 2.05) is 12.1 Å². The Kier molecular flexibility index (Phi) is 7.91. The van der Waals surface area contributed by atoms with Crippen LogP contribution in [0.15, 0.2) is 47.8 Å². The molecule has 1 aliphatic heterocycles. The molecule has 0 spiro atoms. The molecule has 4 rings (SSSR count). The largest absolute Gasteiger partial charge is 0.476 e. The molecule has 0 N–H and O–H groups in total. The zero-order chi connectivity index (χ0) is 25.0.